The lowest BCUT2D eigenvalue weighted by molar-refractivity contribution is 0.0912. The molecule has 8 heteroatoms. The molecule has 2 heterocycles. The number of hydrogen-bond donors (Lipinski definition) is 2. The summed E-state index contributed by atoms with van der Waals surface area (Å²) in [5.74, 6) is 0.545. The molecule has 0 saturated carbocycles. The predicted octanol–water partition coefficient (Wildman–Crippen LogP) is 5.89. The third-order valence-electron chi connectivity index (χ3n) is 4.24. The van der Waals surface area contributed by atoms with E-state index in [0.29, 0.717) is 27.9 Å². The standard InChI is InChI=1S/C21H16Cl2N2O3S/c22-16-9-13(10-17(23)19(16)26)11-18-20(27)25(12-15-7-4-8-28-15)21(29-18)24-14-5-2-1-3-6-14/h1-11,20,26-27H,12H2/b18-11-,24-21?. The Kier molecular flexibility index (Phi) is 5.87. The third-order valence-corrected chi connectivity index (χ3v) is 5.89. The predicted molar refractivity (Wildman–Crippen MR) is 117 cm³/mol. The number of rotatable bonds is 4. The summed E-state index contributed by atoms with van der Waals surface area (Å²) < 4.78 is 5.44. The first-order chi connectivity index (χ1) is 14.0. The number of para-hydroxylation sites is 1. The van der Waals surface area contributed by atoms with Crippen molar-refractivity contribution in [2.75, 3.05) is 0 Å². The number of furan rings is 1. The number of phenols is 1. The molecule has 3 aromatic rings. The van der Waals surface area contributed by atoms with E-state index < -0.39 is 6.23 Å². The number of aliphatic imine (C=N–C) groups is 1. The summed E-state index contributed by atoms with van der Waals surface area (Å²) in [5, 5.41) is 21.6. The molecule has 5 nitrogen and oxygen atoms in total. The number of halogens is 2. The monoisotopic (exact) mass is 446 g/mol. The zero-order valence-corrected chi connectivity index (χ0v) is 17.3. The van der Waals surface area contributed by atoms with Gasteiger partial charge in [-0.15, -0.1) is 0 Å². The number of benzene rings is 2. The summed E-state index contributed by atoms with van der Waals surface area (Å²) in [6, 6.07) is 16.4. The Bertz CT molecular complexity index is 1050. The van der Waals surface area contributed by atoms with Crippen molar-refractivity contribution in [2.45, 2.75) is 12.8 Å². The van der Waals surface area contributed by atoms with Crippen molar-refractivity contribution >= 4 is 51.9 Å². The lowest BCUT2D eigenvalue weighted by Gasteiger charge is -2.20. The van der Waals surface area contributed by atoms with Crippen molar-refractivity contribution in [3.05, 3.63) is 87.1 Å². The second-order valence-corrected chi connectivity index (χ2v) is 8.15. The van der Waals surface area contributed by atoms with Crippen LogP contribution in [0.4, 0.5) is 5.69 Å². The van der Waals surface area contributed by atoms with Gasteiger partial charge in [0.15, 0.2) is 17.1 Å². The molecule has 0 spiro atoms. The number of aromatic hydroxyl groups is 1. The number of hydrogen-bond acceptors (Lipinski definition) is 5. The highest BCUT2D eigenvalue weighted by Crippen LogP contribution is 2.39. The summed E-state index contributed by atoms with van der Waals surface area (Å²) in [4.78, 5) is 7.09. The minimum absolute atomic E-state index is 0.146. The molecular formula is C21H16Cl2N2O3S. The number of amidine groups is 1. The Morgan fingerprint density at radius 3 is 2.48 bits per heavy atom. The van der Waals surface area contributed by atoms with Gasteiger partial charge in [-0.3, -0.25) is 0 Å². The van der Waals surface area contributed by atoms with E-state index in [1.54, 1.807) is 35.4 Å². The molecule has 2 aromatic carbocycles. The summed E-state index contributed by atoms with van der Waals surface area (Å²) in [5.41, 5.74) is 1.45. The highest BCUT2D eigenvalue weighted by Gasteiger charge is 2.34. The maximum Gasteiger partial charge on any atom is 0.171 e. The van der Waals surface area contributed by atoms with Crippen molar-refractivity contribution in [3.8, 4) is 5.75 Å². The second kappa shape index (κ2) is 8.55. The summed E-state index contributed by atoms with van der Waals surface area (Å²) in [6.07, 6.45) is 2.45. The molecule has 1 saturated heterocycles. The number of thioether (sulfide) groups is 1. The van der Waals surface area contributed by atoms with Gasteiger partial charge in [-0.25, -0.2) is 4.99 Å². The van der Waals surface area contributed by atoms with Crippen LogP contribution in [0.1, 0.15) is 11.3 Å². The molecule has 1 unspecified atom stereocenters. The average molecular weight is 447 g/mol. The largest absolute Gasteiger partial charge is 0.505 e. The van der Waals surface area contributed by atoms with E-state index in [4.69, 9.17) is 27.6 Å². The van der Waals surface area contributed by atoms with Crippen LogP contribution >= 0.6 is 35.0 Å². The highest BCUT2D eigenvalue weighted by molar-refractivity contribution is 8.17. The Labute approximate surface area is 181 Å². The molecule has 0 amide bonds. The Balaban J connectivity index is 1.70. The van der Waals surface area contributed by atoms with Crippen LogP contribution in [-0.4, -0.2) is 26.5 Å². The number of phenolic OH excluding ortho intramolecular Hbond substituents is 1. The van der Waals surface area contributed by atoms with E-state index >= 15 is 0 Å². The Hall–Kier alpha value is -2.38. The minimum Gasteiger partial charge on any atom is -0.505 e. The van der Waals surface area contributed by atoms with Gasteiger partial charge in [-0.1, -0.05) is 53.2 Å². The van der Waals surface area contributed by atoms with Gasteiger partial charge >= 0.3 is 0 Å². The van der Waals surface area contributed by atoms with Gasteiger partial charge in [-0.05, 0) is 48.0 Å². The minimum atomic E-state index is -0.918. The maximum absolute atomic E-state index is 10.9. The third kappa shape index (κ3) is 4.46. The van der Waals surface area contributed by atoms with Crippen molar-refractivity contribution in [1.29, 1.82) is 0 Å². The molecule has 0 radical (unpaired) electrons. The van der Waals surface area contributed by atoms with E-state index in [-0.39, 0.29) is 15.8 Å². The van der Waals surface area contributed by atoms with Gasteiger partial charge in [0.2, 0.25) is 0 Å². The smallest absolute Gasteiger partial charge is 0.171 e. The van der Waals surface area contributed by atoms with Crippen molar-refractivity contribution in [1.82, 2.24) is 4.90 Å². The number of aliphatic hydroxyl groups is 1. The van der Waals surface area contributed by atoms with Crippen LogP contribution in [0.5, 0.6) is 5.75 Å². The van der Waals surface area contributed by atoms with Crippen LogP contribution in [0.25, 0.3) is 6.08 Å². The Morgan fingerprint density at radius 2 is 1.83 bits per heavy atom. The molecule has 0 bridgehead atoms. The molecule has 148 valence electrons. The molecule has 29 heavy (non-hydrogen) atoms. The molecule has 0 aliphatic carbocycles. The van der Waals surface area contributed by atoms with Crippen LogP contribution in [0.2, 0.25) is 10.0 Å². The van der Waals surface area contributed by atoms with Crippen LogP contribution in [0, 0.1) is 0 Å². The normalized spacial score (nSPS) is 19.4. The molecule has 1 fully saturated rings. The van der Waals surface area contributed by atoms with Gasteiger partial charge in [0.1, 0.15) is 5.76 Å². The van der Waals surface area contributed by atoms with Gasteiger partial charge < -0.3 is 19.5 Å². The first-order valence-electron chi connectivity index (χ1n) is 8.69. The van der Waals surface area contributed by atoms with E-state index in [1.165, 1.54) is 11.8 Å². The summed E-state index contributed by atoms with van der Waals surface area (Å²) >= 11 is 13.4. The average Bonchev–Trinajstić information content (AvgIpc) is 3.31. The fourth-order valence-electron chi connectivity index (χ4n) is 2.84. The molecule has 1 aliphatic heterocycles. The van der Waals surface area contributed by atoms with E-state index in [0.717, 1.165) is 5.69 Å². The van der Waals surface area contributed by atoms with Crippen LogP contribution in [0.15, 0.2) is 75.2 Å². The molecular weight excluding hydrogens is 431 g/mol. The first-order valence-corrected chi connectivity index (χ1v) is 10.3. The molecule has 1 aliphatic rings. The van der Waals surface area contributed by atoms with Crippen LogP contribution in [-0.2, 0) is 6.54 Å². The molecule has 4 rings (SSSR count). The van der Waals surface area contributed by atoms with Gasteiger partial charge in [0.05, 0.1) is 28.5 Å². The van der Waals surface area contributed by atoms with Crippen molar-refractivity contribution < 1.29 is 14.6 Å². The van der Waals surface area contributed by atoms with E-state index in [1.807, 2.05) is 36.4 Å². The summed E-state index contributed by atoms with van der Waals surface area (Å²) in [6.45, 7) is 0.362. The van der Waals surface area contributed by atoms with Crippen molar-refractivity contribution in [3.63, 3.8) is 0 Å². The lowest BCUT2D eigenvalue weighted by Crippen LogP contribution is -2.32. The van der Waals surface area contributed by atoms with Crippen molar-refractivity contribution in [2.24, 2.45) is 4.99 Å². The molecule has 1 aromatic heterocycles. The fourth-order valence-corrected chi connectivity index (χ4v) is 4.41. The van der Waals surface area contributed by atoms with E-state index in [2.05, 4.69) is 4.99 Å². The van der Waals surface area contributed by atoms with Gasteiger partial charge in [0, 0.05) is 4.91 Å². The second-order valence-electron chi connectivity index (χ2n) is 6.29. The number of nitrogens with zero attached hydrogens (tertiary/aromatic N) is 2. The topological polar surface area (TPSA) is 69.2 Å². The Morgan fingerprint density at radius 1 is 1.10 bits per heavy atom. The highest BCUT2D eigenvalue weighted by atomic mass is 35.5. The first kappa shape index (κ1) is 19.9. The summed E-state index contributed by atoms with van der Waals surface area (Å²) in [7, 11) is 0. The number of aliphatic hydroxyl groups excluding tert-OH is 1. The lowest BCUT2D eigenvalue weighted by atomic mass is 10.2. The van der Waals surface area contributed by atoms with Crippen LogP contribution < -0.4 is 0 Å². The quantitative estimate of drug-likeness (QED) is 0.522. The SMILES string of the molecule is Oc1c(Cl)cc(/C=C2\SC(=Nc3ccccc3)N(Cc3ccco3)C2O)cc1Cl. The van der Waals surface area contributed by atoms with Gasteiger partial charge in [0.25, 0.3) is 0 Å². The fraction of sp³-hybridized carbons (Fsp3) is 0.0952. The molecule has 2 N–H and O–H groups in total. The molecule has 1 atom stereocenters. The van der Waals surface area contributed by atoms with Gasteiger partial charge in [-0.2, -0.15) is 0 Å². The maximum atomic E-state index is 10.9. The zero-order valence-electron chi connectivity index (χ0n) is 15.0. The zero-order chi connectivity index (χ0) is 20.4. The van der Waals surface area contributed by atoms with Crippen LogP contribution in [0.3, 0.4) is 0 Å². The van der Waals surface area contributed by atoms with E-state index in [9.17, 15) is 10.2 Å².